The van der Waals surface area contributed by atoms with Gasteiger partial charge in [-0.25, -0.2) is 0 Å². The predicted molar refractivity (Wildman–Crippen MR) is 103 cm³/mol. The van der Waals surface area contributed by atoms with E-state index in [9.17, 15) is 4.79 Å². The Balaban J connectivity index is 1.59. The quantitative estimate of drug-likeness (QED) is 0.722. The molecule has 0 fully saturated rings. The van der Waals surface area contributed by atoms with E-state index < -0.39 is 6.10 Å². The van der Waals surface area contributed by atoms with Gasteiger partial charge in [0, 0.05) is 11.9 Å². The van der Waals surface area contributed by atoms with Gasteiger partial charge >= 0.3 is 0 Å². The van der Waals surface area contributed by atoms with Crippen LogP contribution in [0.2, 0.25) is 0 Å². The number of fused-ring (bicyclic) bond motifs is 1. The minimum absolute atomic E-state index is 0.0214. The van der Waals surface area contributed by atoms with Gasteiger partial charge in [-0.2, -0.15) is 0 Å². The van der Waals surface area contributed by atoms with Crippen molar-refractivity contribution >= 4 is 16.7 Å². The lowest BCUT2D eigenvalue weighted by atomic mass is 9.97. The average Bonchev–Trinajstić information content (AvgIpc) is 2.67. The second-order valence-electron chi connectivity index (χ2n) is 6.64. The molecule has 1 unspecified atom stereocenters. The van der Waals surface area contributed by atoms with Crippen LogP contribution in [0.4, 0.5) is 0 Å². The molecule has 3 rings (SSSR count). The van der Waals surface area contributed by atoms with Crippen LogP contribution in [0.5, 0.6) is 5.75 Å². The molecule has 1 atom stereocenters. The topological polar surface area (TPSA) is 38.3 Å². The summed E-state index contributed by atoms with van der Waals surface area (Å²) in [6, 6.07) is 14.1. The van der Waals surface area contributed by atoms with Gasteiger partial charge in [0.1, 0.15) is 5.75 Å². The molecule has 2 aromatic carbocycles. The van der Waals surface area contributed by atoms with E-state index in [0.29, 0.717) is 13.0 Å². The molecule has 1 N–H and O–H groups in total. The third-order valence-corrected chi connectivity index (χ3v) is 4.81. The monoisotopic (exact) mass is 337 g/mol. The first-order valence-electron chi connectivity index (χ1n) is 9.38. The van der Waals surface area contributed by atoms with Crippen molar-refractivity contribution in [3.05, 3.63) is 54.1 Å². The number of hydrogen-bond acceptors (Lipinski definition) is 2. The van der Waals surface area contributed by atoms with Crippen molar-refractivity contribution in [3.8, 4) is 5.75 Å². The van der Waals surface area contributed by atoms with Crippen LogP contribution < -0.4 is 10.1 Å². The van der Waals surface area contributed by atoms with Crippen molar-refractivity contribution < 1.29 is 9.53 Å². The first kappa shape index (κ1) is 17.5. The maximum atomic E-state index is 12.5. The zero-order valence-corrected chi connectivity index (χ0v) is 15.0. The summed E-state index contributed by atoms with van der Waals surface area (Å²) in [7, 11) is 0. The van der Waals surface area contributed by atoms with E-state index in [0.717, 1.165) is 22.9 Å². The number of hydrogen-bond donors (Lipinski definition) is 1. The van der Waals surface area contributed by atoms with Gasteiger partial charge < -0.3 is 10.1 Å². The van der Waals surface area contributed by atoms with E-state index in [1.165, 1.54) is 31.3 Å². The number of ether oxygens (including phenoxy) is 1. The summed E-state index contributed by atoms with van der Waals surface area (Å²) in [5, 5.41) is 5.21. The predicted octanol–water partition coefficient (Wildman–Crippen LogP) is 5.00. The molecule has 1 aliphatic rings. The summed E-state index contributed by atoms with van der Waals surface area (Å²) in [5.74, 6) is 0.752. The highest BCUT2D eigenvalue weighted by Crippen LogP contribution is 2.26. The molecular weight excluding hydrogens is 310 g/mol. The molecule has 0 spiro atoms. The van der Waals surface area contributed by atoms with E-state index >= 15 is 0 Å². The molecule has 25 heavy (non-hydrogen) atoms. The lowest BCUT2D eigenvalue weighted by Gasteiger charge is -2.19. The molecule has 1 amide bonds. The standard InChI is InChI=1S/C22H27NO2/c1-2-20(22(24)23-16-15-17-9-4-3-5-10-17)25-21-14-8-12-18-11-6-7-13-19(18)21/h6-9,11-14,20H,2-5,10,15-16H2,1H3,(H,23,24). The largest absolute Gasteiger partial charge is 0.480 e. The lowest BCUT2D eigenvalue weighted by Crippen LogP contribution is -2.38. The van der Waals surface area contributed by atoms with E-state index in [1.54, 1.807) is 0 Å². The van der Waals surface area contributed by atoms with Gasteiger partial charge in [0.25, 0.3) is 5.91 Å². The van der Waals surface area contributed by atoms with Crippen molar-refractivity contribution in [1.29, 1.82) is 0 Å². The van der Waals surface area contributed by atoms with Gasteiger partial charge in [0.2, 0.25) is 0 Å². The fraction of sp³-hybridized carbons (Fsp3) is 0.409. The Bertz CT molecular complexity index is 745. The molecule has 3 heteroatoms. The van der Waals surface area contributed by atoms with Crippen LogP contribution in [-0.2, 0) is 4.79 Å². The molecule has 0 saturated carbocycles. The normalized spacial score (nSPS) is 15.5. The Morgan fingerprint density at radius 1 is 1.16 bits per heavy atom. The number of benzene rings is 2. The Labute approximate surface area is 150 Å². The van der Waals surface area contributed by atoms with Crippen LogP contribution in [-0.4, -0.2) is 18.6 Å². The van der Waals surface area contributed by atoms with E-state index in [-0.39, 0.29) is 5.91 Å². The average molecular weight is 337 g/mol. The molecule has 0 heterocycles. The van der Waals surface area contributed by atoms with Crippen molar-refractivity contribution in [2.75, 3.05) is 6.54 Å². The Kier molecular flexibility index (Phi) is 6.10. The van der Waals surface area contributed by atoms with Gasteiger partial charge in [-0.3, -0.25) is 4.79 Å². The summed E-state index contributed by atoms with van der Waals surface area (Å²) >= 11 is 0. The Morgan fingerprint density at radius 3 is 2.80 bits per heavy atom. The number of amides is 1. The van der Waals surface area contributed by atoms with Crippen molar-refractivity contribution in [2.24, 2.45) is 0 Å². The molecule has 0 aromatic heterocycles. The van der Waals surface area contributed by atoms with E-state index in [1.807, 2.05) is 37.3 Å². The summed E-state index contributed by atoms with van der Waals surface area (Å²) in [4.78, 5) is 12.5. The molecular formula is C22H27NO2. The molecule has 0 saturated heterocycles. The maximum absolute atomic E-state index is 12.5. The molecule has 2 aromatic rings. The van der Waals surface area contributed by atoms with Crippen LogP contribution in [0, 0.1) is 0 Å². The minimum atomic E-state index is -0.453. The second kappa shape index (κ2) is 8.70. The van der Waals surface area contributed by atoms with Crippen LogP contribution in [0.1, 0.15) is 45.4 Å². The SMILES string of the molecule is CCC(Oc1cccc2ccccc12)C(=O)NCCC1=CCCCC1. The number of allylic oxidation sites excluding steroid dienone is 1. The third kappa shape index (κ3) is 4.62. The summed E-state index contributed by atoms with van der Waals surface area (Å²) in [6.45, 7) is 2.68. The number of carbonyl (C=O) groups excluding carboxylic acids is 1. The van der Waals surface area contributed by atoms with Crippen LogP contribution in [0.15, 0.2) is 54.1 Å². The zero-order chi connectivity index (χ0) is 17.5. The van der Waals surface area contributed by atoms with Crippen LogP contribution in [0.25, 0.3) is 10.8 Å². The fourth-order valence-corrected chi connectivity index (χ4v) is 3.37. The summed E-state index contributed by atoms with van der Waals surface area (Å²) < 4.78 is 6.05. The van der Waals surface area contributed by atoms with Gasteiger partial charge in [0.05, 0.1) is 0 Å². The second-order valence-corrected chi connectivity index (χ2v) is 6.64. The van der Waals surface area contributed by atoms with Gasteiger partial charge in [-0.05, 0) is 50.0 Å². The number of carbonyl (C=O) groups is 1. The Morgan fingerprint density at radius 2 is 2.00 bits per heavy atom. The highest BCUT2D eigenvalue weighted by Gasteiger charge is 2.19. The number of nitrogens with one attached hydrogen (secondary N) is 1. The maximum Gasteiger partial charge on any atom is 0.261 e. The fourth-order valence-electron chi connectivity index (χ4n) is 3.37. The molecule has 1 aliphatic carbocycles. The van der Waals surface area contributed by atoms with Crippen molar-refractivity contribution in [1.82, 2.24) is 5.32 Å². The molecule has 0 radical (unpaired) electrons. The smallest absolute Gasteiger partial charge is 0.261 e. The molecule has 0 aliphatic heterocycles. The van der Waals surface area contributed by atoms with Crippen LogP contribution >= 0.6 is 0 Å². The van der Waals surface area contributed by atoms with E-state index in [2.05, 4.69) is 23.5 Å². The van der Waals surface area contributed by atoms with Crippen molar-refractivity contribution in [3.63, 3.8) is 0 Å². The summed E-state index contributed by atoms with van der Waals surface area (Å²) in [6.07, 6.45) is 8.43. The first-order chi connectivity index (χ1) is 12.3. The molecule has 3 nitrogen and oxygen atoms in total. The third-order valence-electron chi connectivity index (χ3n) is 4.81. The number of rotatable bonds is 7. The highest BCUT2D eigenvalue weighted by atomic mass is 16.5. The van der Waals surface area contributed by atoms with E-state index in [4.69, 9.17) is 4.74 Å². The molecule has 0 bridgehead atoms. The van der Waals surface area contributed by atoms with Crippen molar-refractivity contribution in [2.45, 2.75) is 51.6 Å². The van der Waals surface area contributed by atoms with Gasteiger partial charge in [0.15, 0.2) is 6.10 Å². The Hall–Kier alpha value is -2.29. The first-order valence-corrected chi connectivity index (χ1v) is 9.38. The van der Waals surface area contributed by atoms with Crippen LogP contribution in [0.3, 0.4) is 0 Å². The zero-order valence-electron chi connectivity index (χ0n) is 15.0. The molecule has 132 valence electrons. The van der Waals surface area contributed by atoms with Gasteiger partial charge in [-0.1, -0.05) is 55.0 Å². The highest BCUT2D eigenvalue weighted by molar-refractivity contribution is 5.89. The summed E-state index contributed by atoms with van der Waals surface area (Å²) in [5.41, 5.74) is 1.48. The lowest BCUT2D eigenvalue weighted by molar-refractivity contribution is -0.128. The minimum Gasteiger partial charge on any atom is -0.480 e. The van der Waals surface area contributed by atoms with Gasteiger partial charge in [-0.15, -0.1) is 0 Å².